The molecule has 1 N–H and O–H groups in total. The van der Waals surface area contributed by atoms with Crippen LogP contribution in [0.3, 0.4) is 0 Å². The van der Waals surface area contributed by atoms with Gasteiger partial charge in [-0.15, -0.1) is 0 Å². The first-order chi connectivity index (χ1) is 12.7. The Morgan fingerprint density at radius 3 is 2.31 bits per heavy atom. The Morgan fingerprint density at radius 1 is 1.08 bits per heavy atom. The van der Waals surface area contributed by atoms with Crippen LogP contribution in [-0.2, 0) is 14.3 Å². The number of esters is 1. The summed E-state index contributed by atoms with van der Waals surface area (Å²) in [6, 6.07) is 0.990. The van der Waals surface area contributed by atoms with Crippen molar-refractivity contribution in [1.29, 1.82) is 0 Å². The van der Waals surface area contributed by atoms with Crippen molar-refractivity contribution < 1.29 is 14.3 Å². The van der Waals surface area contributed by atoms with Gasteiger partial charge in [-0.05, 0) is 57.5 Å². The van der Waals surface area contributed by atoms with Gasteiger partial charge in [0.2, 0.25) is 6.41 Å². The van der Waals surface area contributed by atoms with Crippen molar-refractivity contribution in [3.63, 3.8) is 0 Å². The van der Waals surface area contributed by atoms with E-state index in [0.717, 1.165) is 71.4 Å². The number of methoxy groups -OCH3 is 1. The third kappa shape index (κ3) is 4.96. The van der Waals surface area contributed by atoms with Gasteiger partial charge in [0.05, 0.1) is 7.11 Å². The molecule has 0 aromatic heterocycles. The first-order valence-electron chi connectivity index (χ1n) is 10.2. The predicted molar refractivity (Wildman–Crippen MR) is 99.3 cm³/mol. The summed E-state index contributed by atoms with van der Waals surface area (Å²) in [4.78, 5) is 25.8. The molecule has 26 heavy (non-hydrogen) atoms. The van der Waals surface area contributed by atoms with Crippen LogP contribution in [0.4, 0.5) is 0 Å². The van der Waals surface area contributed by atoms with E-state index in [1.807, 2.05) is 5.01 Å². The van der Waals surface area contributed by atoms with E-state index >= 15 is 0 Å². The summed E-state index contributed by atoms with van der Waals surface area (Å²) >= 11 is 0. The number of nitrogens with zero attached hydrogens (tertiary/aromatic N) is 3. The molecule has 0 aromatic rings. The van der Waals surface area contributed by atoms with E-state index in [-0.39, 0.29) is 12.0 Å². The zero-order chi connectivity index (χ0) is 18.4. The lowest BCUT2D eigenvalue weighted by Gasteiger charge is -2.46. The molecule has 0 unspecified atom stereocenters. The van der Waals surface area contributed by atoms with Crippen molar-refractivity contribution in [3.8, 4) is 0 Å². The van der Waals surface area contributed by atoms with Crippen LogP contribution in [0.5, 0.6) is 0 Å². The molecule has 1 aliphatic carbocycles. The highest BCUT2D eigenvalue weighted by molar-refractivity contribution is 5.69. The fourth-order valence-electron chi connectivity index (χ4n) is 4.80. The number of amides is 1. The summed E-state index contributed by atoms with van der Waals surface area (Å²) in [6.45, 7) is 6.22. The van der Waals surface area contributed by atoms with Crippen LogP contribution in [0.1, 0.15) is 44.9 Å². The van der Waals surface area contributed by atoms with Gasteiger partial charge in [-0.2, -0.15) is 0 Å². The van der Waals surface area contributed by atoms with Crippen LogP contribution in [-0.4, -0.2) is 85.8 Å². The predicted octanol–water partition coefficient (Wildman–Crippen LogP) is 0.851. The number of hydrogen-bond acceptors (Lipinski definition) is 6. The normalized spacial score (nSPS) is 29.3. The first-order valence-corrected chi connectivity index (χ1v) is 10.2. The molecule has 3 rings (SSSR count). The van der Waals surface area contributed by atoms with Gasteiger partial charge < -0.3 is 10.1 Å². The SMILES string of the molecule is COC(=O)CC1CCC(N(C=O)N2CCN(C3CCNCC3)CC2)CC1. The van der Waals surface area contributed by atoms with E-state index in [1.54, 1.807) is 0 Å². The minimum atomic E-state index is -0.116. The summed E-state index contributed by atoms with van der Waals surface area (Å²) in [5.41, 5.74) is 0. The molecule has 0 atom stereocenters. The molecule has 0 bridgehead atoms. The minimum Gasteiger partial charge on any atom is -0.469 e. The van der Waals surface area contributed by atoms with Gasteiger partial charge in [0.1, 0.15) is 0 Å². The van der Waals surface area contributed by atoms with Crippen LogP contribution >= 0.6 is 0 Å². The summed E-state index contributed by atoms with van der Waals surface area (Å²) < 4.78 is 4.78. The maximum Gasteiger partial charge on any atom is 0.305 e. The average Bonchev–Trinajstić information content (AvgIpc) is 2.71. The molecule has 7 heteroatoms. The Morgan fingerprint density at radius 2 is 1.73 bits per heavy atom. The highest BCUT2D eigenvalue weighted by Gasteiger charge is 2.32. The Bertz CT molecular complexity index is 454. The number of ether oxygens (including phenoxy) is 1. The second-order valence-corrected chi connectivity index (χ2v) is 7.91. The number of nitrogens with one attached hydrogen (secondary N) is 1. The molecule has 2 saturated heterocycles. The van der Waals surface area contributed by atoms with Crippen molar-refractivity contribution in [2.24, 2.45) is 5.92 Å². The number of piperazine rings is 1. The number of rotatable bonds is 6. The molecule has 2 aliphatic heterocycles. The Balaban J connectivity index is 1.45. The zero-order valence-electron chi connectivity index (χ0n) is 16.1. The van der Waals surface area contributed by atoms with Crippen LogP contribution in [0.2, 0.25) is 0 Å². The highest BCUT2D eigenvalue weighted by Crippen LogP contribution is 2.30. The van der Waals surface area contributed by atoms with E-state index in [4.69, 9.17) is 4.74 Å². The van der Waals surface area contributed by atoms with E-state index < -0.39 is 0 Å². The van der Waals surface area contributed by atoms with E-state index in [9.17, 15) is 9.59 Å². The van der Waals surface area contributed by atoms with Gasteiger partial charge in [0.15, 0.2) is 0 Å². The van der Waals surface area contributed by atoms with Gasteiger partial charge in [-0.25, -0.2) is 5.01 Å². The number of carbonyl (C=O) groups is 2. The molecule has 0 radical (unpaired) electrons. The lowest BCUT2D eigenvalue weighted by molar-refractivity contribution is -0.150. The molecule has 1 amide bonds. The van der Waals surface area contributed by atoms with Crippen molar-refractivity contribution in [1.82, 2.24) is 20.2 Å². The first kappa shape index (κ1) is 19.6. The molecule has 148 valence electrons. The molecule has 0 spiro atoms. The highest BCUT2D eigenvalue weighted by atomic mass is 16.5. The second kappa shape index (κ2) is 9.67. The van der Waals surface area contributed by atoms with Crippen molar-refractivity contribution in [2.45, 2.75) is 57.0 Å². The van der Waals surface area contributed by atoms with E-state index in [2.05, 4.69) is 15.2 Å². The fourth-order valence-corrected chi connectivity index (χ4v) is 4.80. The third-order valence-electron chi connectivity index (χ3n) is 6.42. The second-order valence-electron chi connectivity index (χ2n) is 7.91. The third-order valence-corrected chi connectivity index (χ3v) is 6.42. The van der Waals surface area contributed by atoms with E-state index in [1.165, 1.54) is 20.0 Å². The van der Waals surface area contributed by atoms with Crippen molar-refractivity contribution in [3.05, 3.63) is 0 Å². The van der Waals surface area contributed by atoms with Gasteiger partial charge in [-0.3, -0.25) is 19.5 Å². The molecule has 0 aromatic carbocycles. The molecule has 1 saturated carbocycles. The molecule has 2 heterocycles. The molecule has 3 aliphatic rings. The molecular formula is C19H34N4O3. The number of piperidine rings is 1. The maximum absolute atomic E-state index is 11.8. The van der Waals surface area contributed by atoms with Gasteiger partial charge in [-0.1, -0.05) is 0 Å². The van der Waals surface area contributed by atoms with Crippen LogP contribution < -0.4 is 5.32 Å². The largest absolute Gasteiger partial charge is 0.469 e. The topological polar surface area (TPSA) is 65.1 Å². The van der Waals surface area contributed by atoms with Crippen molar-refractivity contribution in [2.75, 3.05) is 46.4 Å². The quantitative estimate of drug-likeness (QED) is 0.555. The van der Waals surface area contributed by atoms with Crippen molar-refractivity contribution >= 4 is 12.4 Å². The summed E-state index contributed by atoms with van der Waals surface area (Å²) in [6.07, 6.45) is 7.97. The minimum absolute atomic E-state index is 0.116. The summed E-state index contributed by atoms with van der Waals surface area (Å²) in [7, 11) is 1.45. The molecule has 7 nitrogen and oxygen atoms in total. The lowest BCUT2D eigenvalue weighted by atomic mass is 9.84. The van der Waals surface area contributed by atoms with Crippen LogP contribution in [0.25, 0.3) is 0 Å². The Labute approximate surface area is 157 Å². The number of hydrazine groups is 1. The molecule has 3 fully saturated rings. The van der Waals surface area contributed by atoms with Crippen LogP contribution in [0, 0.1) is 5.92 Å². The lowest BCUT2D eigenvalue weighted by Crippen LogP contribution is -2.59. The Hall–Kier alpha value is -1.18. The summed E-state index contributed by atoms with van der Waals surface area (Å²) in [5.74, 6) is 0.290. The fraction of sp³-hybridized carbons (Fsp3) is 0.895. The maximum atomic E-state index is 11.8. The Kier molecular flexibility index (Phi) is 7.28. The summed E-state index contributed by atoms with van der Waals surface area (Å²) in [5, 5.41) is 7.63. The number of carbonyl (C=O) groups excluding carboxylic acids is 2. The van der Waals surface area contributed by atoms with Crippen LogP contribution in [0.15, 0.2) is 0 Å². The molecular weight excluding hydrogens is 332 g/mol. The van der Waals surface area contributed by atoms with E-state index in [0.29, 0.717) is 18.4 Å². The average molecular weight is 367 g/mol. The van der Waals surface area contributed by atoms with Gasteiger partial charge in [0.25, 0.3) is 0 Å². The smallest absolute Gasteiger partial charge is 0.305 e. The van der Waals surface area contributed by atoms with Gasteiger partial charge in [0, 0.05) is 44.7 Å². The zero-order valence-corrected chi connectivity index (χ0v) is 16.1. The standard InChI is InChI=1S/C19H34N4O3/c1-26-19(25)14-16-2-4-18(5-3-16)23(15-24)22-12-10-21(11-13-22)17-6-8-20-9-7-17/h15-18,20H,2-14H2,1H3. The monoisotopic (exact) mass is 366 g/mol. The number of hydrogen-bond donors (Lipinski definition) is 1. The van der Waals surface area contributed by atoms with Gasteiger partial charge >= 0.3 is 5.97 Å².